The third kappa shape index (κ3) is 3.13. The lowest BCUT2D eigenvalue weighted by atomic mass is 10.1. The summed E-state index contributed by atoms with van der Waals surface area (Å²) in [4.78, 5) is 0. The minimum absolute atomic E-state index is 0. The van der Waals surface area contributed by atoms with E-state index in [-0.39, 0.29) is 18.4 Å². The summed E-state index contributed by atoms with van der Waals surface area (Å²) in [5.74, 6) is 0.771. The summed E-state index contributed by atoms with van der Waals surface area (Å²) in [5, 5.41) is 0. The van der Waals surface area contributed by atoms with Gasteiger partial charge in [-0.15, -0.1) is 12.4 Å². The fraction of sp³-hybridized carbons (Fsp3) is 0.333. The highest BCUT2D eigenvalue weighted by atomic mass is 79.9. The normalized spacial score (nSPS) is 11.7. The number of benzene rings is 1. The van der Waals surface area contributed by atoms with Crippen molar-refractivity contribution in [3.63, 3.8) is 0 Å². The molecule has 0 unspecified atom stereocenters. The van der Waals surface area contributed by atoms with Gasteiger partial charge in [0.1, 0.15) is 5.75 Å². The molecule has 0 heterocycles. The highest BCUT2D eigenvalue weighted by Crippen LogP contribution is 2.26. The molecule has 0 aliphatic rings. The van der Waals surface area contributed by atoms with Crippen molar-refractivity contribution in [1.29, 1.82) is 0 Å². The molecule has 1 atom stereocenters. The van der Waals surface area contributed by atoms with Crippen molar-refractivity contribution in [2.45, 2.75) is 6.04 Å². The molecule has 4 N–H and O–H groups in total. The van der Waals surface area contributed by atoms with E-state index in [1.54, 1.807) is 7.11 Å². The van der Waals surface area contributed by atoms with Crippen molar-refractivity contribution >= 4 is 28.3 Å². The first-order chi connectivity index (χ1) is 6.19. The molecular weight excluding hydrogens is 267 g/mol. The molecule has 0 saturated carbocycles. The molecule has 1 rings (SSSR count). The van der Waals surface area contributed by atoms with Crippen LogP contribution in [-0.4, -0.2) is 13.7 Å². The number of nitrogens with two attached hydrogens (primary N) is 2. The minimum Gasteiger partial charge on any atom is -0.496 e. The van der Waals surface area contributed by atoms with Crippen LogP contribution in [-0.2, 0) is 0 Å². The molecule has 0 bridgehead atoms. The Morgan fingerprint density at radius 2 is 2.14 bits per heavy atom. The third-order valence-electron chi connectivity index (χ3n) is 1.85. The van der Waals surface area contributed by atoms with Crippen LogP contribution in [0, 0.1) is 0 Å². The molecule has 0 amide bonds. The zero-order valence-electron chi connectivity index (χ0n) is 7.87. The van der Waals surface area contributed by atoms with Gasteiger partial charge in [0.2, 0.25) is 0 Å². The molecule has 0 saturated heterocycles. The lowest BCUT2D eigenvalue weighted by Gasteiger charge is -2.13. The van der Waals surface area contributed by atoms with Crippen LogP contribution >= 0.6 is 28.3 Å². The molecule has 5 heteroatoms. The predicted molar refractivity (Wildman–Crippen MR) is 63.9 cm³/mol. The van der Waals surface area contributed by atoms with Gasteiger partial charge in [-0.1, -0.05) is 22.0 Å². The van der Waals surface area contributed by atoms with Gasteiger partial charge in [-0.25, -0.2) is 0 Å². The topological polar surface area (TPSA) is 61.3 Å². The van der Waals surface area contributed by atoms with E-state index < -0.39 is 0 Å². The number of methoxy groups -OCH3 is 1. The van der Waals surface area contributed by atoms with E-state index in [4.69, 9.17) is 16.2 Å². The summed E-state index contributed by atoms with van der Waals surface area (Å²) >= 11 is 3.36. The Bertz CT molecular complexity index is 296. The molecule has 0 aromatic heterocycles. The summed E-state index contributed by atoms with van der Waals surface area (Å²) in [5.41, 5.74) is 12.2. The summed E-state index contributed by atoms with van der Waals surface area (Å²) in [6.07, 6.45) is 0. The second kappa shape index (κ2) is 6.24. The van der Waals surface area contributed by atoms with Crippen LogP contribution in [0.1, 0.15) is 11.6 Å². The highest BCUT2D eigenvalue weighted by molar-refractivity contribution is 9.10. The Balaban J connectivity index is 0.00000169. The fourth-order valence-corrected chi connectivity index (χ4v) is 1.46. The number of hydrogen-bond acceptors (Lipinski definition) is 3. The Labute approximate surface area is 98.3 Å². The molecule has 14 heavy (non-hydrogen) atoms. The molecular formula is C9H14BrClN2O. The van der Waals surface area contributed by atoms with Crippen LogP contribution < -0.4 is 16.2 Å². The molecule has 1 aromatic rings. The molecule has 80 valence electrons. The lowest BCUT2D eigenvalue weighted by molar-refractivity contribution is 0.405. The zero-order chi connectivity index (χ0) is 9.84. The standard InChI is InChI=1S/C9H13BrN2O.ClH/c1-13-9-4-6(10)2-3-7(9)8(12)5-11;/h2-4,8H,5,11-12H2,1H3;1H/t8-;/m0./s1. The van der Waals surface area contributed by atoms with Crippen molar-refractivity contribution in [1.82, 2.24) is 0 Å². The smallest absolute Gasteiger partial charge is 0.124 e. The molecule has 0 aliphatic heterocycles. The Morgan fingerprint density at radius 3 is 2.64 bits per heavy atom. The Morgan fingerprint density at radius 1 is 1.50 bits per heavy atom. The average Bonchev–Trinajstić information content (AvgIpc) is 2.16. The summed E-state index contributed by atoms with van der Waals surface area (Å²) in [6, 6.07) is 5.56. The van der Waals surface area contributed by atoms with Gasteiger partial charge in [0.15, 0.2) is 0 Å². The summed E-state index contributed by atoms with van der Waals surface area (Å²) in [6.45, 7) is 0.415. The van der Waals surface area contributed by atoms with Gasteiger partial charge in [0, 0.05) is 22.6 Å². The molecule has 0 radical (unpaired) electrons. The van der Waals surface area contributed by atoms with Crippen LogP contribution in [0.15, 0.2) is 22.7 Å². The van der Waals surface area contributed by atoms with Gasteiger partial charge < -0.3 is 16.2 Å². The SMILES string of the molecule is COc1cc(Br)ccc1[C@@H](N)CN.Cl. The van der Waals surface area contributed by atoms with Crippen molar-refractivity contribution in [2.75, 3.05) is 13.7 Å². The van der Waals surface area contributed by atoms with Crippen LogP contribution in [0.25, 0.3) is 0 Å². The van der Waals surface area contributed by atoms with Gasteiger partial charge in [0.05, 0.1) is 7.11 Å². The van der Waals surface area contributed by atoms with Crippen molar-refractivity contribution in [3.8, 4) is 5.75 Å². The number of ether oxygens (including phenoxy) is 1. The van der Waals surface area contributed by atoms with Crippen LogP contribution in [0.5, 0.6) is 5.75 Å². The maximum Gasteiger partial charge on any atom is 0.124 e. The average molecular weight is 282 g/mol. The molecule has 0 spiro atoms. The van der Waals surface area contributed by atoms with Crippen LogP contribution in [0.2, 0.25) is 0 Å². The first kappa shape index (κ1) is 13.7. The predicted octanol–water partition coefficient (Wildman–Crippen LogP) is 1.84. The van der Waals surface area contributed by atoms with E-state index in [9.17, 15) is 0 Å². The molecule has 0 fully saturated rings. The Kier molecular flexibility index (Phi) is 6.11. The number of hydrogen-bond donors (Lipinski definition) is 2. The monoisotopic (exact) mass is 280 g/mol. The lowest BCUT2D eigenvalue weighted by Crippen LogP contribution is -2.21. The van der Waals surface area contributed by atoms with E-state index in [0.29, 0.717) is 6.54 Å². The zero-order valence-corrected chi connectivity index (χ0v) is 10.3. The van der Waals surface area contributed by atoms with Gasteiger partial charge in [-0.05, 0) is 12.1 Å². The maximum absolute atomic E-state index is 5.80. The largest absolute Gasteiger partial charge is 0.496 e. The van der Waals surface area contributed by atoms with E-state index >= 15 is 0 Å². The summed E-state index contributed by atoms with van der Waals surface area (Å²) in [7, 11) is 1.62. The quantitative estimate of drug-likeness (QED) is 0.889. The summed E-state index contributed by atoms with van der Waals surface area (Å²) < 4.78 is 6.15. The minimum atomic E-state index is -0.164. The van der Waals surface area contributed by atoms with Crippen molar-refractivity contribution < 1.29 is 4.74 Å². The Hall–Kier alpha value is -0.290. The fourth-order valence-electron chi connectivity index (χ4n) is 1.12. The molecule has 0 aliphatic carbocycles. The van der Waals surface area contributed by atoms with Crippen molar-refractivity contribution in [3.05, 3.63) is 28.2 Å². The van der Waals surface area contributed by atoms with Gasteiger partial charge >= 0.3 is 0 Å². The third-order valence-corrected chi connectivity index (χ3v) is 2.34. The molecule has 3 nitrogen and oxygen atoms in total. The van der Waals surface area contributed by atoms with Gasteiger partial charge in [-0.3, -0.25) is 0 Å². The number of halogens is 2. The van der Waals surface area contributed by atoms with E-state index in [0.717, 1.165) is 15.8 Å². The van der Waals surface area contributed by atoms with Gasteiger partial charge in [0.25, 0.3) is 0 Å². The van der Waals surface area contributed by atoms with E-state index in [1.807, 2.05) is 18.2 Å². The second-order valence-electron chi connectivity index (χ2n) is 2.73. The second-order valence-corrected chi connectivity index (χ2v) is 3.64. The first-order valence-corrected chi connectivity index (χ1v) is 4.77. The number of rotatable bonds is 3. The maximum atomic E-state index is 5.80. The molecule has 1 aromatic carbocycles. The van der Waals surface area contributed by atoms with E-state index in [2.05, 4.69) is 15.9 Å². The van der Waals surface area contributed by atoms with Crippen LogP contribution in [0.3, 0.4) is 0 Å². The van der Waals surface area contributed by atoms with Crippen molar-refractivity contribution in [2.24, 2.45) is 11.5 Å². The highest BCUT2D eigenvalue weighted by Gasteiger charge is 2.09. The van der Waals surface area contributed by atoms with Gasteiger partial charge in [-0.2, -0.15) is 0 Å². The van der Waals surface area contributed by atoms with Crippen LogP contribution in [0.4, 0.5) is 0 Å². The first-order valence-electron chi connectivity index (χ1n) is 3.98. The van der Waals surface area contributed by atoms with E-state index in [1.165, 1.54) is 0 Å².